The zero-order chi connectivity index (χ0) is 14.1. The Hall–Kier alpha value is -1.84. The normalized spacial score (nSPS) is 10.0. The lowest BCUT2D eigenvalue weighted by Gasteiger charge is -2.07. The Morgan fingerprint density at radius 3 is 2.37 bits per heavy atom. The van der Waals surface area contributed by atoms with E-state index in [-0.39, 0.29) is 11.7 Å². The Bertz CT molecular complexity index is 413. The summed E-state index contributed by atoms with van der Waals surface area (Å²) in [6.45, 7) is 4.99. The van der Waals surface area contributed by atoms with Gasteiger partial charge in [-0.05, 0) is 37.6 Å². The molecule has 0 aromatic heterocycles. The quantitative estimate of drug-likeness (QED) is 0.559. The molecule has 0 heterocycles. The highest BCUT2D eigenvalue weighted by atomic mass is 16.1. The molecule has 0 bridgehead atoms. The number of rotatable bonds is 8. The first-order valence-electron chi connectivity index (χ1n) is 6.75. The van der Waals surface area contributed by atoms with Gasteiger partial charge in [-0.25, -0.2) is 0 Å². The predicted octanol–water partition coefficient (Wildman–Crippen LogP) is 2.61. The van der Waals surface area contributed by atoms with E-state index >= 15 is 0 Å². The average molecular weight is 262 g/mol. The summed E-state index contributed by atoms with van der Waals surface area (Å²) in [7, 11) is 0. The van der Waals surface area contributed by atoms with E-state index in [1.807, 2.05) is 12.1 Å². The molecular formula is C15H22N2O2. The molecule has 0 aliphatic heterocycles. The Labute approximate surface area is 114 Å². The molecule has 0 unspecified atom stereocenters. The van der Waals surface area contributed by atoms with Crippen LogP contribution in [0.4, 0.5) is 5.69 Å². The maximum atomic E-state index is 11.5. The van der Waals surface area contributed by atoms with Gasteiger partial charge < -0.3 is 10.6 Å². The highest BCUT2D eigenvalue weighted by Crippen LogP contribution is 2.09. The van der Waals surface area contributed by atoms with Gasteiger partial charge in [0.25, 0.3) is 0 Å². The van der Waals surface area contributed by atoms with Crippen LogP contribution >= 0.6 is 0 Å². The fourth-order valence-electron chi connectivity index (χ4n) is 1.64. The molecular weight excluding hydrogens is 240 g/mol. The van der Waals surface area contributed by atoms with Crippen molar-refractivity contribution in [1.82, 2.24) is 5.32 Å². The van der Waals surface area contributed by atoms with Crippen molar-refractivity contribution in [3.8, 4) is 0 Å². The molecule has 4 heteroatoms. The van der Waals surface area contributed by atoms with Crippen molar-refractivity contribution >= 4 is 17.4 Å². The van der Waals surface area contributed by atoms with E-state index in [1.165, 1.54) is 0 Å². The van der Waals surface area contributed by atoms with Crippen LogP contribution in [0, 0.1) is 0 Å². The predicted molar refractivity (Wildman–Crippen MR) is 77.5 cm³/mol. The third-order valence-corrected chi connectivity index (χ3v) is 2.83. The molecule has 0 aliphatic carbocycles. The molecule has 1 amide bonds. The average Bonchev–Trinajstić information content (AvgIpc) is 2.39. The molecule has 0 saturated carbocycles. The molecule has 19 heavy (non-hydrogen) atoms. The minimum Gasteiger partial charge on any atom is -0.385 e. The maximum Gasteiger partial charge on any atom is 0.221 e. The highest BCUT2D eigenvalue weighted by Gasteiger charge is 2.01. The summed E-state index contributed by atoms with van der Waals surface area (Å²) >= 11 is 0. The van der Waals surface area contributed by atoms with E-state index in [4.69, 9.17) is 0 Å². The SMILES string of the molecule is CCCCNC(=O)CCNc1ccc(C(C)=O)cc1. The van der Waals surface area contributed by atoms with E-state index in [1.54, 1.807) is 19.1 Å². The van der Waals surface area contributed by atoms with Gasteiger partial charge in [-0.2, -0.15) is 0 Å². The summed E-state index contributed by atoms with van der Waals surface area (Å²) < 4.78 is 0. The number of benzene rings is 1. The van der Waals surface area contributed by atoms with Gasteiger partial charge in [-0.1, -0.05) is 13.3 Å². The Balaban J connectivity index is 2.25. The van der Waals surface area contributed by atoms with E-state index in [2.05, 4.69) is 17.6 Å². The summed E-state index contributed by atoms with van der Waals surface area (Å²) in [5, 5.41) is 6.03. The zero-order valence-corrected chi connectivity index (χ0v) is 11.7. The number of nitrogens with one attached hydrogen (secondary N) is 2. The van der Waals surface area contributed by atoms with Crippen molar-refractivity contribution < 1.29 is 9.59 Å². The van der Waals surface area contributed by atoms with E-state index in [9.17, 15) is 9.59 Å². The molecule has 0 spiro atoms. The molecule has 1 rings (SSSR count). The third kappa shape index (κ3) is 6.04. The lowest BCUT2D eigenvalue weighted by atomic mass is 10.1. The summed E-state index contributed by atoms with van der Waals surface area (Å²) in [4.78, 5) is 22.6. The van der Waals surface area contributed by atoms with Crippen LogP contribution in [0.2, 0.25) is 0 Å². The zero-order valence-electron chi connectivity index (χ0n) is 11.7. The minimum atomic E-state index is 0.0573. The Kier molecular flexibility index (Phi) is 6.64. The number of amides is 1. The highest BCUT2D eigenvalue weighted by molar-refractivity contribution is 5.94. The van der Waals surface area contributed by atoms with Crippen LogP contribution in [0.15, 0.2) is 24.3 Å². The van der Waals surface area contributed by atoms with Gasteiger partial charge in [-0.3, -0.25) is 9.59 Å². The summed E-state index contributed by atoms with van der Waals surface area (Å²) in [6, 6.07) is 7.27. The number of carbonyl (C=O) groups excluding carboxylic acids is 2. The topological polar surface area (TPSA) is 58.2 Å². The van der Waals surface area contributed by atoms with Crippen LogP contribution in [0.3, 0.4) is 0 Å². The molecule has 0 radical (unpaired) electrons. The molecule has 104 valence electrons. The van der Waals surface area contributed by atoms with Crippen molar-refractivity contribution in [3.05, 3.63) is 29.8 Å². The van der Waals surface area contributed by atoms with Gasteiger partial charge in [0, 0.05) is 30.8 Å². The molecule has 0 aliphatic rings. The molecule has 1 aromatic rings. The number of ketones is 1. The second-order valence-corrected chi connectivity index (χ2v) is 4.51. The first-order chi connectivity index (χ1) is 9.13. The van der Waals surface area contributed by atoms with Crippen LogP contribution in [0.1, 0.15) is 43.5 Å². The number of unbranched alkanes of at least 4 members (excludes halogenated alkanes) is 1. The van der Waals surface area contributed by atoms with Crippen LogP contribution < -0.4 is 10.6 Å². The standard InChI is InChI=1S/C15H22N2O2/c1-3-4-10-17-15(19)9-11-16-14-7-5-13(6-8-14)12(2)18/h5-8,16H,3-4,9-11H2,1-2H3,(H,17,19). The molecule has 0 saturated heterocycles. The van der Waals surface area contributed by atoms with Crippen LogP contribution in [0.25, 0.3) is 0 Å². The fraction of sp³-hybridized carbons (Fsp3) is 0.467. The lowest BCUT2D eigenvalue weighted by molar-refractivity contribution is -0.120. The van der Waals surface area contributed by atoms with Gasteiger partial charge in [0.15, 0.2) is 5.78 Å². The van der Waals surface area contributed by atoms with Crippen LogP contribution in [0.5, 0.6) is 0 Å². The number of Topliss-reactive ketones (excluding diaryl/α,β-unsaturated/α-hetero) is 1. The van der Waals surface area contributed by atoms with Gasteiger partial charge in [0.1, 0.15) is 0 Å². The number of hydrogen-bond donors (Lipinski definition) is 2. The van der Waals surface area contributed by atoms with Gasteiger partial charge in [-0.15, -0.1) is 0 Å². The van der Waals surface area contributed by atoms with Crippen molar-refractivity contribution in [3.63, 3.8) is 0 Å². The van der Waals surface area contributed by atoms with Crippen molar-refractivity contribution in [2.24, 2.45) is 0 Å². The summed E-state index contributed by atoms with van der Waals surface area (Å²) in [5.74, 6) is 0.128. The Morgan fingerprint density at radius 2 is 1.79 bits per heavy atom. The third-order valence-electron chi connectivity index (χ3n) is 2.83. The lowest BCUT2D eigenvalue weighted by Crippen LogP contribution is -2.26. The van der Waals surface area contributed by atoms with Crippen LogP contribution in [-0.2, 0) is 4.79 Å². The van der Waals surface area contributed by atoms with Crippen molar-refractivity contribution in [1.29, 1.82) is 0 Å². The van der Waals surface area contributed by atoms with Gasteiger partial charge >= 0.3 is 0 Å². The summed E-state index contributed by atoms with van der Waals surface area (Å²) in [6.07, 6.45) is 2.56. The fourth-order valence-corrected chi connectivity index (χ4v) is 1.64. The van der Waals surface area contributed by atoms with E-state index < -0.39 is 0 Å². The molecule has 4 nitrogen and oxygen atoms in total. The monoisotopic (exact) mass is 262 g/mol. The number of carbonyl (C=O) groups is 2. The second-order valence-electron chi connectivity index (χ2n) is 4.51. The smallest absolute Gasteiger partial charge is 0.221 e. The van der Waals surface area contributed by atoms with Crippen LogP contribution in [-0.4, -0.2) is 24.8 Å². The molecule has 1 aromatic carbocycles. The number of hydrogen-bond acceptors (Lipinski definition) is 3. The largest absolute Gasteiger partial charge is 0.385 e. The van der Waals surface area contributed by atoms with Gasteiger partial charge in [0.2, 0.25) is 5.91 Å². The van der Waals surface area contributed by atoms with Crippen molar-refractivity contribution in [2.75, 3.05) is 18.4 Å². The maximum absolute atomic E-state index is 11.5. The van der Waals surface area contributed by atoms with E-state index in [0.717, 1.165) is 25.1 Å². The molecule has 0 atom stereocenters. The number of anilines is 1. The first kappa shape index (κ1) is 15.2. The second kappa shape index (κ2) is 8.29. The minimum absolute atomic E-state index is 0.0573. The first-order valence-corrected chi connectivity index (χ1v) is 6.75. The van der Waals surface area contributed by atoms with Crippen molar-refractivity contribution in [2.45, 2.75) is 33.1 Å². The van der Waals surface area contributed by atoms with Gasteiger partial charge in [0.05, 0.1) is 0 Å². The molecule has 0 fully saturated rings. The van der Waals surface area contributed by atoms with E-state index in [0.29, 0.717) is 18.5 Å². The Morgan fingerprint density at radius 1 is 1.11 bits per heavy atom. The molecule has 2 N–H and O–H groups in total. The summed E-state index contributed by atoms with van der Waals surface area (Å²) in [5.41, 5.74) is 1.62.